The van der Waals surface area contributed by atoms with Gasteiger partial charge in [-0.2, -0.15) is 0 Å². The Hall–Kier alpha value is -2.87. The Morgan fingerprint density at radius 1 is 1.00 bits per heavy atom. The zero-order valence-corrected chi connectivity index (χ0v) is 17.3. The number of hydrogen-bond donors (Lipinski definition) is 1. The van der Waals surface area contributed by atoms with E-state index in [2.05, 4.69) is 34.3 Å². The van der Waals surface area contributed by atoms with Gasteiger partial charge >= 0.3 is 0 Å². The Morgan fingerprint density at radius 2 is 1.70 bits per heavy atom. The molecule has 8 heteroatoms. The minimum atomic E-state index is -0.257. The van der Waals surface area contributed by atoms with Crippen LogP contribution < -0.4 is 9.80 Å². The van der Waals surface area contributed by atoms with Gasteiger partial charge in [-0.3, -0.25) is 0 Å². The van der Waals surface area contributed by atoms with E-state index >= 15 is 0 Å². The van der Waals surface area contributed by atoms with E-state index in [0.29, 0.717) is 18.2 Å². The third-order valence-electron chi connectivity index (χ3n) is 5.79. The molecule has 1 saturated heterocycles. The number of rotatable bonds is 6. The van der Waals surface area contributed by atoms with Crippen molar-refractivity contribution in [1.82, 2.24) is 20.2 Å². The number of benzene rings is 2. The molecule has 0 amide bonds. The number of hydrogen-bond acceptors (Lipinski definition) is 4. The van der Waals surface area contributed by atoms with Gasteiger partial charge in [0, 0.05) is 5.92 Å². The number of nitrogens with one attached hydrogen (secondary N) is 1. The van der Waals surface area contributed by atoms with Crippen molar-refractivity contribution in [3.05, 3.63) is 71.6 Å². The van der Waals surface area contributed by atoms with Crippen molar-refractivity contribution in [1.29, 1.82) is 0 Å². The first-order valence-electron chi connectivity index (χ1n) is 10.4. The van der Waals surface area contributed by atoms with Gasteiger partial charge in [-0.1, -0.05) is 38.1 Å². The van der Waals surface area contributed by atoms with Gasteiger partial charge in [0.1, 0.15) is 11.6 Å². The van der Waals surface area contributed by atoms with Gasteiger partial charge in [-0.15, -0.1) is 5.10 Å². The summed E-state index contributed by atoms with van der Waals surface area (Å²) in [6.45, 7) is 8.16. The molecule has 1 aliphatic heterocycles. The SMILES string of the molecule is CC(C)[C@@H](c1nnnn1Cc1ccc(F)cc1)[NH+]1CCN(c2ccccc2F)CC1. The number of halogens is 2. The number of quaternary nitrogens is 1. The fourth-order valence-corrected chi connectivity index (χ4v) is 4.32. The van der Waals surface area contributed by atoms with Crippen molar-refractivity contribution >= 4 is 5.69 Å². The lowest BCUT2D eigenvalue weighted by atomic mass is 10.0. The van der Waals surface area contributed by atoms with Crippen molar-refractivity contribution in [3.8, 4) is 0 Å². The van der Waals surface area contributed by atoms with E-state index in [4.69, 9.17) is 0 Å². The summed E-state index contributed by atoms with van der Waals surface area (Å²) in [6.07, 6.45) is 0. The summed E-state index contributed by atoms with van der Waals surface area (Å²) in [5.74, 6) is 0.735. The summed E-state index contributed by atoms with van der Waals surface area (Å²) in [4.78, 5) is 3.50. The molecule has 0 spiro atoms. The topological polar surface area (TPSA) is 51.3 Å². The Bertz CT molecular complexity index is 964. The van der Waals surface area contributed by atoms with E-state index in [1.807, 2.05) is 16.8 Å². The molecule has 0 saturated carbocycles. The van der Waals surface area contributed by atoms with Gasteiger partial charge in [0.2, 0.25) is 5.82 Å². The second-order valence-electron chi connectivity index (χ2n) is 8.14. The summed E-state index contributed by atoms with van der Waals surface area (Å²) in [5, 5.41) is 12.5. The molecular formula is C22H27F2N6+. The summed E-state index contributed by atoms with van der Waals surface area (Å²) >= 11 is 0. The highest BCUT2D eigenvalue weighted by molar-refractivity contribution is 5.47. The van der Waals surface area contributed by atoms with Crippen LogP contribution in [0.2, 0.25) is 0 Å². The Morgan fingerprint density at radius 3 is 2.37 bits per heavy atom. The lowest BCUT2D eigenvalue weighted by Gasteiger charge is -2.38. The fourth-order valence-electron chi connectivity index (χ4n) is 4.32. The molecule has 0 radical (unpaired) electrons. The van der Waals surface area contributed by atoms with Crippen LogP contribution >= 0.6 is 0 Å². The van der Waals surface area contributed by atoms with Crippen molar-refractivity contribution in [2.75, 3.05) is 31.1 Å². The van der Waals surface area contributed by atoms with Crippen LogP contribution in [-0.4, -0.2) is 46.4 Å². The van der Waals surface area contributed by atoms with Crippen LogP contribution in [-0.2, 0) is 6.54 Å². The fraction of sp³-hybridized carbons (Fsp3) is 0.409. The van der Waals surface area contributed by atoms with Gasteiger partial charge in [0.15, 0.2) is 6.04 Å². The second kappa shape index (κ2) is 8.87. The first-order chi connectivity index (χ1) is 14.5. The molecule has 0 unspecified atom stereocenters. The standard InChI is InChI=1S/C22H26F2N6/c1-16(2)21(22-25-26-27-30(22)15-17-7-9-18(23)10-8-17)29-13-11-28(12-14-29)20-6-4-3-5-19(20)24/h3-10,16,21H,11-15H2,1-2H3/p+1/t21-/m0/s1. The van der Waals surface area contributed by atoms with Crippen molar-refractivity contribution in [3.63, 3.8) is 0 Å². The maximum absolute atomic E-state index is 14.2. The van der Waals surface area contributed by atoms with Crippen molar-refractivity contribution < 1.29 is 13.7 Å². The Labute approximate surface area is 175 Å². The molecule has 2 aromatic carbocycles. The minimum Gasteiger partial charge on any atom is -0.358 e. The molecule has 1 aromatic heterocycles. The Kier molecular flexibility index (Phi) is 6.03. The van der Waals surface area contributed by atoms with Crippen LogP contribution in [0.15, 0.2) is 48.5 Å². The normalized spacial score (nSPS) is 16.2. The van der Waals surface area contributed by atoms with Crippen LogP contribution in [0.25, 0.3) is 0 Å². The molecule has 4 rings (SSSR count). The van der Waals surface area contributed by atoms with E-state index < -0.39 is 0 Å². The molecule has 1 N–H and O–H groups in total. The number of tetrazole rings is 1. The van der Waals surface area contributed by atoms with Crippen molar-refractivity contribution in [2.24, 2.45) is 5.92 Å². The first kappa shape index (κ1) is 20.4. The second-order valence-corrected chi connectivity index (χ2v) is 8.14. The van der Waals surface area contributed by atoms with Gasteiger partial charge in [0.25, 0.3) is 0 Å². The van der Waals surface area contributed by atoms with Gasteiger partial charge in [-0.25, -0.2) is 13.5 Å². The molecule has 3 aromatic rings. The van der Waals surface area contributed by atoms with Crippen LogP contribution in [0.4, 0.5) is 14.5 Å². The van der Waals surface area contributed by atoms with E-state index in [9.17, 15) is 8.78 Å². The minimum absolute atomic E-state index is 0.128. The number of piperazine rings is 1. The zero-order valence-electron chi connectivity index (χ0n) is 17.3. The lowest BCUT2D eigenvalue weighted by molar-refractivity contribution is -0.937. The highest BCUT2D eigenvalue weighted by Crippen LogP contribution is 2.21. The largest absolute Gasteiger partial charge is 0.358 e. The summed E-state index contributed by atoms with van der Waals surface area (Å²) < 4.78 is 29.2. The average molecular weight is 413 g/mol. The maximum atomic E-state index is 14.2. The van der Waals surface area contributed by atoms with E-state index in [1.54, 1.807) is 18.2 Å². The quantitative estimate of drug-likeness (QED) is 0.673. The predicted molar refractivity (Wildman–Crippen MR) is 110 cm³/mol. The third-order valence-corrected chi connectivity index (χ3v) is 5.79. The summed E-state index contributed by atoms with van der Waals surface area (Å²) in [7, 11) is 0. The predicted octanol–water partition coefficient (Wildman–Crippen LogP) is 2.10. The van der Waals surface area contributed by atoms with Crippen LogP contribution in [0.1, 0.15) is 31.3 Å². The molecule has 2 heterocycles. The molecule has 1 fully saturated rings. The van der Waals surface area contributed by atoms with Crippen LogP contribution in [0, 0.1) is 17.6 Å². The first-order valence-corrected chi connectivity index (χ1v) is 10.4. The lowest BCUT2D eigenvalue weighted by Crippen LogP contribution is -3.15. The van der Waals surface area contributed by atoms with E-state index in [1.165, 1.54) is 23.1 Å². The van der Waals surface area contributed by atoms with E-state index in [0.717, 1.165) is 37.6 Å². The molecule has 1 aliphatic rings. The highest BCUT2D eigenvalue weighted by atomic mass is 19.1. The number of aromatic nitrogens is 4. The molecule has 30 heavy (non-hydrogen) atoms. The summed E-state index contributed by atoms with van der Waals surface area (Å²) in [5.41, 5.74) is 1.62. The number of anilines is 1. The Balaban J connectivity index is 1.50. The van der Waals surface area contributed by atoms with Gasteiger partial charge < -0.3 is 9.80 Å². The molecule has 1 atom stereocenters. The maximum Gasteiger partial charge on any atom is 0.209 e. The smallest absolute Gasteiger partial charge is 0.209 e. The summed E-state index contributed by atoms with van der Waals surface area (Å²) in [6, 6.07) is 13.5. The van der Waals surface area contributed by atoms with Crippen LogP contribution in [0.5, 0.6) is 0 Å². The average Bonchev–Trinajstić information content (AvgIpc) is 3.18. The van der Waals surface area contributed by atoms with Gasteiger partial charge in [-0.05, 0) is 40.3 Å². The highest BCUT2D eigenvalue weighted by Gasteiger charge is 2.35. The zero-order chi connectivity index (χ0) is 21.1. The monoisotopic (exact) mass is 413 g/mol. The number of nitrogens with zero attached hydrogens (tertiary/aromatic N) is 5. The van der Waals surface area contributed by atoms with Gasteiger partial charge in [0.05, 0.1) is 38.4 Å². The molecule has 158 valence electrons. The molecule has 0 bridgehead atoms. The van der Waals surface area contributed by atoms with Crippen LogP contribution in [0.3, 0.4) is 0 Å². The van der Waals surface area contributed by atoms with Crippen molar-refractivity contribution in [2.45, 2.75) is 26.4 Å². The molecule has 6 nitrogen and oxygen atoms in total. The molecule has 0 aliphatic carbocycles. The number of para-hydroxylation sites is 1. The molecular weight excluding hydrogens is 386 g/mol. The third kappa shape index (κ3) is 4.33. The van der Waals surface area contributed by atoms with E-state index in [-0.39, 0.29) is 17.7 Å².